The van der Waals surface area contributed by atoms with Crippen molar-refractivity contribution >= 4 is 17.8 Å². The number of nitrogens with zero attached hydrogens (tertiary/aromatic N) is 3. The van der Waals surface area contributed by atoms with Gasteiger partial charge in [0.05, 0.1) is 0 Å². The van der Waals surface area contributed by atoms with Gasteiger partial charge in [-0.25, -0.2) is 9.69 Å². The molecule has 0 bridgehead atoms. The molecule has 3 fully saturated rings. The van der Waals surface area contributed by atoms with Gasteiger partial charge in [-0.15, -0.1) is 0 Å². The minimum absolute atomic E-state index is 0.0830. The van der Waals surface area contributed by atoms with Crippen LogP contribution in [0.3, 0.4) is 0 Å². The summed E-state index contributed by atoms with van der Waals surface area (Å²) in [5.74, 6) is -0.255. The van der Waals surface area contributed by atoms with Crippen LogP contribution in [0.15, 0.2) is 0 Å². The van der Waals surface area contributed by atoms with Gasteiger partial charge in [-0.1, -0.05) is 0 Å². The second-order valence-electron chi connectivity index (χ2n) is 5.06. The van der Waals surface area contributed by atoms with Gasteiger partial charge < -0.3 is 9.80 Å². The van der Waals surface area contributed by atoms with Gasteiger partial charge in [0.25, 0.3) is 5.91 Å². The summed E-state index contributed by atoms with van der Waals surface area (Å²) >= 11 is 0. The molecule has 0 aromatic rings. The van der Waals surface area contributed by atoms with Gasteiger partial charge in [0, 0.05) is 19.6 Å². The van der Waals surface area contributed by atoms with E-state index in [1.54, 1.807) is 9.80 Å². The maximum absolute atomic E-state index is 12.2. The quantitative estimate of drug-likeness (QED) is 0.651. The average Bonchev–Trinajstić information content (AvgIpc) is 3.01. The smallest absolute Gasteiger partial charge is 0.328 e. The van der Waals surface area contributed by atoms with Crippen molar-refractivity contribution in [1.82, 2.24) is 14.7 Å². The molecule has 98 valence electrons. The molecule has 3 heterocycles. The van der Waals surface area contributed by atoms with Gasteiger partial charge in [-0.05, 0) is 26.2 Å². The number of carbonyl (C=O) groups is 3. The lowest BCUT2D eigenvalue weighted by molar-refractivity contribution is -0.138. The second kappa shape index (κ2) is 3.96. The minimum Gasteiger partial charge on any atom is -0.341 e. The molecule has 3 aliphatic rings. The third-order valence-electron chi connectivity index (χ3n) is 4.19. The Morgan fingerprint density at radius 3 is 2.44 bits per heavy atom. The van der Waals surface area contributed by atoms with E-state index in [4.69, 9.17) is 0 Å². The number of amides is 4. The van der Waals surface area contributed by atoms with E-state index in [1.165, 1.54) is 4.90 Å². The Labute approximate surface area is 106 Å². The van der Waals surface area contributed by atoms with Gasteiger partial charge in [0.15, 0.2) is 0 Å². The lowest BCUT2D eigenvalue weighted by Gasteiger charge is -2.21. The van der Waals surface area contributed by atoms with Crippen LogP contribution in [0.5, 0.6) is 0 Å². The predicted molar refractivity (Wildman–Crippen MR) is 62.6 cm³/mol. The van der Waals surface area contributed by atoms with Crippen LogP contribution in [0.1, 0.15) is 26.2 Å². The Kier molecular flexibility index (Phi) is 2.53. The highest BCUT2D eigenvalue weighted by Gasteiger charge is 2.52. The zero-order valence-electron chi connectivity index (χ0n) is 10.5. The molecule has 3 rings (SSSR count). The predicted octanol–water partition coefficient (Wildman–Crippen LogP) is 0.0338. The van der Waals surface area contributed by atoms with Gasteiger partial charge in [0.1, 0.15) is 12.1 Å². The van der Waals surface area contributed by atoms with Gasteiger partial charge in [-0.2, -0.15) is 0 Å². The summed E-state index contributed by atoms with van der Waals surface area (Å²) in [6.07, 6.45) is 2.19. The van der Waals surface area contributed by atoms with Crippen molar-refractivity contribution in [3.8, 4) is 0 Å². The number of hydrogen-bond donors (Lipinski definition) is 0. The van der Waals surface area contributed by atoms with Crippen molar-refractivity contribution in [2.24, 2.45) is 0 Å². The lowest BCUT2D eigenvalue weighted by Crippen LogP contribution is -2.46. The molecule has 18 heavy (non-hydrogen) atoms. The molecule has 0 aromatic heterocycles. The van der Waals surface area contributed by atoms with Crippen molar-refractivity contribution in [3.05, 3.63) is 0 Å². The summed E-state index contributed by atoms with van der Waals surface area (Å²) in [5, 5.41) is 0. The van der Waals surface area contributed by atoms with Gasteiger partial charge in [-0.3, -0.25) is 9.59 Å². The zero-order valence-corrected chi connectivity index (χ0v) is 10.5. The SMILES string of the molecule is CCN1CC[C@@H](N2C(=O)[C@H]3CCCN3C2=O)C1=O. The Balaban J connectivity index is 1.83. The van der Waals surface area contributed by atoms with E-state index in [1.807, 2.05) is 6.92 Å². The number of rotatable bonds is 2. The van der Waals surface area contributed by atoms with E-state index in [0.717, 1.165) is 12.8 Å². The van der Waals surface area contributed by atoms with E-state index in [-0.39, 0.29) is 23.9 Å². The van der Waals surface area contributed by atoms with E-state index in [0.29, 0.717) is 26.1 Å². The Morgan fingerprint density at radius 1 is 1.06 bits per heavy atom. The monoisotopic (exact) mass is 251 g/mol. The van der Waals surface area contributed by atoms with Crippen LogP contribution in [0.2, 0.25) is 0 Å². The molecule has 6 heteroatoms. The number of likely N-dealkylation sites (tertiary alicyclic amines) is 1. The summed E-state index contributed by atoms with van der Waals surface area (Å²) in [5.41, 5.74) is 0. The van der Waals surface area contributed by atoms with Crippen LogP contribution in [0.4, 0.5) is 4.79 Å². The number of fused-ring (bicyclic) bond motifs is 1. The molecule has 0 saturated carbocycles. The molecule has 3 saturated heterocycles. The summed E-state index contributed by atoms with van der Waals surface area (Å²) in [4.78, 5) is 41.0. The van der Waals surface area contributed by atoms with E-state index in [2.05, 4.69) is 0 Å². The van der Waals surface area contributed by atoms with E-state index >= 15 is 0 Å². The van der Waals surface area contributed by atoms with Crippen molar-refractivity contribution in [2.75, 3.05) is 19.6 Å². The topological polar surface area (TPSA) is 60.9 Å². The van der Waals surface area contributed by atoms with Gasteiger partial charge >= 0.3 is 6.03 Å². The zero-order chi connectivity index (χ0) is 12.9. The average molecular weight is 251 g/mol. The first-order chi connectivity index (χ1) is 8.65. The third-order valence-corrected chi connectivity index (χ3v) is 4.19. The Hall–Kier alpha value is -1.59. The minimum atomic E-state index is -0.560. The maximum Gasteiger partial charge on any atom is 0.328 e. The molecular weight excluding hydrogens is 234 g/mol. The molecule has 0 spiro atoms. The number of carbonyl (C=O) groups excluding carboxylic acids is 3. The van der Waals surface area contributed by atoms with Crippen LogP contribution >= 0.6 is 0 Å². The number of hydrogen-bond acceptors (Lipinski definition) is 3. The first kappa shape index (κ1) is 11.5. The second-order valence-corrected chi connectivity index (χ2v) is 5.06. The van der Waals surface area contributed by atoms with Crippen molar-refractivity contribution in [1.29, 1.82) is 0 Å². The first-order valence-corrected chi connectivity index (χ1v) is 6.57. The van der Waals surface area contributed by atoms with Crippen molar-refractivity contribution < 1.29 is 14.4 Å². The van der Waals surface area contributed by atoms with E-state index < -0.39 is 6.04 Å². The summed E-state index contributed by atoms with van der Waals surface area (Å²) in [7, 11) is 0. The fourth-order valence-electron chi connectivity index (χ4n) is 3.21. The molecule has 0 aliphatic carbocycles. The maximum atomic E-state index is 12.2. The standard InChI is InChI=1S/C12H17N3O3/c1-2-13-7-5-9(10(13)16)15-11(17)8-4-3-6-14(8)12(15)18/h8-9H,2-7H2,1H3/t8-,9-/m1/s1. The first-order valence-electron chi connectivity index (χ1n) is 6.57. The van der Waals surface area contributed by atoms with E-state index in [9.17, 15) is 14.4 Å². The molecule has 0 N–H and O–H groups in total. The Morgan fingerprint density at radius 2 is 1.83 bits per heavy atom. The van der Waals surface area contributed by atoms with Crippen LogP contribution in [-0.2, 0) is 9.59 Å². The van der Waals surface area contributed by atoms with Crippen LogP contribution in [0.25, 0.3) is 0 Å². The molecule has 0 radical (unpaired) electrons. The molecular formula is C12H17N3O3. The summed E-state index contributed by atoms with van der Waals surface area (Å²) in [6, 6.07) is -1.13. The highest BCUT2D eigenvalue weighted by Crippen LogP contribution is 2.31. The highest BCUT2D eigenvalue weighted by atomic mass is 16.2. The largest absolute Gasteiger partial charge is 0.341 e. The number of imide groups is 1. The van der Waals surface area contributed by atoms with Crippen LogP contribution in [0, 0.1) is 0 Å². The molecule has 0 unspecified atom stereocenters. The van der Waals surface area contributed by atoms with Crippen LogP contribution in [-0.4, -0.2) is 64.3 Å². The fourth-order valence-corrected chi connectivity index (χ4v) is 3.21. The number of urea groups is 1. The molecule has 0 aromatic carbocycles. The molecule has 6 nitrogen and oxygen atoms in total. The molecule has 2 atom stereocenters. The molecule has 4 amide bonds. The summed E-state index contributed by atoms with van der Waals surface area (Å²) in [6.45, 7) is 3.83. The lowest BCUT2D eigenvalue weighted by atomic mass is 10.1. The molecule has 3 aliphatic heterocycles. The highest BCUT2D eigenvalue weighted by molar-refractivity contribution is 6.08. The van der Waals surface area contributed by atoms with Gasteiger partial charge in [0.2, 0.25) is 5.91 Å². The van der Waals surface area contributed by atoms with Crippen LogP contribution < -0.4 is 0 Å². The fraction of sp³-hybridized carbons (Fsp3) is 0.750. The van der Waals surface area contributed by atoms with Crippen molar-refractivity contribution in [3.63, 3.8) is 0 Å². The number of likely N-dealkylation sites (N-methyl/N-ethyl adjacent to an activating group) is 1. The Bertz CT molecular complexity index is 401. The van der Waals surface area contributed by atoms with Crippen molar-refractivity contribution in [2.45, 2.75) is 38.3 Å². The summed E-state index contributed by atoms with van der Waals surface area (Å²) < 4.78 is 0. The third kappa shape index (κ3) is 1.38. The normalized spacial score (nSPS) is 31.8.